The van der Waals surface area contributed by atoms with Crippen LogP contribution in [0.25, 0.3) is 0 Å². The summed E-state index contributed by atoms with van der Waals surface area (Å²) in [6.07, 6.45) is -0.202. The molecule has 1 saturated heterocycles. The Morgan fingerprint density at radius 1 is 1.32 bits per heavy atom. The SMILES string of the molecule is Cc1ccccc1CN1CCC(CC(=O)NCC(F)F)CC1. The van der Waals surface area contributed by atoms with Crippen LogP contribution in [0.1, 0.15) is 30.4 Å². The van der Waals surface area contributed by atoms with Gasteiger partial charge >= 0.3 is 0 Å². The van der Waals surface area contributed by atoms with Gasteiger partial charge in [0.15, 0.2) is 0 Å². The molecule has 2 rings (SSSR count). The lowest BCUT2D eigenvalue weighted by atomic mass is 9.92. The van der Waals surface area contributed by atoms with E-state index in [0.717, 1.165) is 32.5 Å². The molecule has 1 fully saturated rings. The molecule has 0 radical (unpaired) electrons. The Balaban J connectivity index is 1.72. The first-order valence-electron chi connectivity index (χ1n) is 7.86. The summed E-state index contributed by atoms with van der Waals surface area (Å²) >= 11 is 0. The Bertz CT molecular complexity index is 485. The number of aryl methyl sites for hydroxylation is 1. The molecule has 5 heteroatoms. The van der Waals surface area contributed by atoms with Crippen molar-refractivity contribution >= 4 is 5.91 Å². The van der Waals surface area contributed by atoms with Crippen LogP contribution in [0.15, 0.2) is 24.3 Å². The van der Waals surface area contributed by atoms with E-state index in [1.165, 1.54) is 11.1 Å². The van der Waals surface area contributed by atoms with Gasteiger partial charge in [0.05, 0.1) is 6.54 Å². The number of rotatable bonds is 6. The van der Waals surface area contributed by atoms with Crippen LogP contribution in [-0.4, -0.2) is 36.9 Å². The van der Waals surface area contributed by atoms with Crippen molar-refractivity contribution in [3.63, 3.8) is 0 Å². The van der Waals surface area contributed by atoms with Gasteiger partial charge in [0.1, 0.15) is 0 Å². The molecule has 0 atom stereocenters. The lowest BCUT2D eigenvalue weighted by Crippen LogP contribution is -2.36. The Hall–Kier alpha value is -1.49. The predicted octanol–water partition coefficient (Wildman–Crippen LogP) is 2.98. The largest absolute Gasteiger partial charge is 0.350 e. The third-order valence-corrected chi connectivity index (χ3v) is 4.29. The summed E-state index contributed by atoms with van der Waals surface area (Å²) in [4.78, 5) is 14.0. The molecule has 1 aromatic rings. The number of likely N-dealkylation sites (tertiary alicyclic amines) is 1. The maximum atomic E-state index is 12.0. The molecule has 1 heterocycles. The quantitative estimate of drug-likeness (QED) is 0.876. The number of nitrogens with one attached hydrogen (secondary N) is 1. The second kappa shape index (κ2) is 8.22. The minimum atomic E-state index is -2.47. The van der Waals surface area contributed by atoms with Crippen molar-refractivity contribution in [1.82, 2.24) is 10.2 Å². The van der Waals surface area contributed by atoms with Gasteiger partial charge < -0.3 is 5.32 Å². The highest BCUT2D eigenvalue weighted by molar-refractivity contribution is 5.76. The van der Waals surface area contributed by atoms with Gasteiger partial charge in [0, 0.05) is 13.0 Å². The number of piperidine rings is 1. The van der Waals surface area contributed by atoms with Crippen molar-refractivity contribution in [2.24, 2.45) is 5.92 Å². The number of halogens is 2. The number of carbonyl (C=O) groups excluding carboxylic acids is 1. The monoisotopic (exact) mass is 310 g/mol. The molecule has 1 aliphatic rings. The molecule has 22 heavy (non-hydrogen) atoms. The van der Waals surface area contributed by atoms with E-state index in [1.807, 2.05) is 6.07 Å². The van der Waals surface area contributed by atoms with Crippen LogP contribution in [0.3, 0.4) is 0 Å². The zero-order chi connectivity index (χ0) is 15.9. The summed E-state index contributed by atoms with van der Waals surface area (Å²) in [5.74, 6) is 0.0587. The second-order valence-corrected chi connectivity index (χ2v) is 6.05. The number of carbonyl (C=O) groups is 1. The highest BCUT2D eigenvalue weighted by Crippen LogP contribution is 2.22. The standard InChI is InChI=1S/C17H24F2N2O/c1-13-4-2-3-5-15(13)12-21-8-6-14(7-9-21)10-17(22)20-11-16(18)19/h2-5,14,16H,6-12H2,1H3,(H,20,22). The number of hydrogen-bond acceptors (Lipinski definition) is 2. The van der Waals surface area contributed by atoms with Crippen LogP contribution < -0.4 is 5.32 Å². The van der Waals surface area contributed by atoms with E-state index < -0.39 is 13.0 Å². The van der Waals surface area contributed by atoms with E-state index in [0.29, 0.717) is 12.3 Å². The van der Waals surface area contributed by atoms with Gasteiger partial charge in [0.25, 0.3) is 6.43 Å². The van der Waals surface area contributed by atoms with Crippen LogP contribution in [0.5, 0.6) is 0 Å². The summed E-state index contributed by atoms with van der Waals surface area (Å²) in [5, 5.41) is 2.29. The summed E-state index contributed by atoms with van der Waals surface area (Å²) in [7, 11) is 0. The maximum absolute atomic E-state index is 12.0. The average molecular weight is 310 g/mol. The van der Waals surface area contributed by atoms with E-state index in [4.69, 9.17) is 0 Å². The third kappa shape index (κ3) is 5.37. The Morgan fingerprint density at radius 2 is 2.00 bits per heavy atom. The molecule has 1 amide bonds. The number of alkyl halides is 2. The number of nitrogens with zero attached hydrogens (tertiary/aromatic N) is 1. The Labute approximate surface area is 130 Å². The van der Waals surface area contributed by atoms with Crippen LogP contribution in [-0.2, 0) is 11.3 Å². The van der Waals surface area contributed by atoms with E-state index in [2.05, 4.69) is 35.3 Å². The molecule has 0 saturated carbocycles. The number of benzene rings is 1. The number of hydrogen-bond donors (Lipinski definition) is 1. The van der Waals surface area contributed by atoms with E-state index in [1.54, 1.807) is 0 Å². The van der Waals surface area contributed by atoms with Gasteiger partial charge in [-0.05, 0) is 49.9 Å². The minimum Gasteiger partial charge on any atom is -0.350 e. The van der Waals surface area contributed by atoms with E-state index in [-0.39, 0.29) is 5.91 Å². The highest BCUT2D eigenvalue weighted by Gasteiger charge is 2.22. The van der Waals surface area contributed by atoms with Crippen LogP contribution >= 0.6 is 0 Å². The lowest BCUT2D eigenvalue weighted by Gasteiger charge is -2.32. The first-order chi connectivity index (χ1) is 10.5. The molecular formula is C17H24F2N2O. The lowest BCUT2D eigenvalue weighted by molar-refractivity contribution is -0.123. The van der Waals surface area contributed by atoms with E-state index in [9.17, 15) is 13.6 Å². The van der Waals surface area contributed by atoms with Crippen LogP contribution in [0.4, 0.5) is 8.78 Å². The third-order valence-electron chi connectivity index (χ3n) is 4.29. The van der Waals surface area contributed by atoms with Crippen molar-refractivity contribution in [2.45, 2.75) is 39.2 Å². The molecule has 3 nitrogen and oxygen atoms in total. The molecule has 0 spiro atoms. The summed E-state index contributed by atoms with van der Waals surface area (Å²) < 4.78 is 24.1. The van der Waals surface area contributed by atoms with Crippen molar-refractivity contribution < 1.29 is 13.6 Å². The average Bonchev–Trinajstić information content (AvgIpc) is 2.49. The molecule has 0 aliphatic carbocycles. The van der Waals surface area contributed by atoms with Gasteiger partial charge in [-0.1, -0.05) is 24.3 Å². The zero-order valence-electron chi connectivity index (χ0n) is 13.0. The van der Waals surface area contributed by atoms with Crippen molar-refractivity contribution in [3.05, 3.63) is 35.4 Å². The van der Waals surface area contributed by atoms with Gasteiger partial charge in [-0.15, -0.1) is 0 Å². The molecule has 0 bridgehead atoms. The molecule has 122 valence electrons. The topological polar surface area (TPSA) is 32.3 Å². The predicted molar refractivity (Wildman–Crippen MR) is 82.8 cm³/mol. The van der Waals surface area contributed by atoms with Gasteiger partial charge in [-0.3, -0.25) is 9.69 Å². The second-order valence-electron chi connectivity index (χ2n) is 6.05. The molecule has 0 unspecified atom stereocenters. The summed E-state index contributed by atoms with van der Waals surface area (Å²) in [6, 6.07) is 8.38. The first-order valence-corrected chi connectivity index (χ1v) is 7.86. The van der Waals surface area contributed by atoms with Crippen molar-refractivity contribution in [3.8, 4) is 0 Å². The fourth-order valence-corrected chi connectivity index (χ4v) is 2.90. The normalized spacial score (nSPS) is 16.9. The first kappa shape index (κ1) is 16.9. The fraction of sp³-hybridized carbons (Fsp3) is 0.588. The summed E-state index contributed by atoms with van der Waals surface area (Å²) in [6.45, 7) is 4.44. The van der Waals surface area contributed by atoms with Gasteiger partial charge in [-0.25, -0.2) is 8.78 Å². The van der Waals surface area contributed by atoms with Gasteiger partial charge in [-0.2, -0.15) is 0 Å². The molecule has 1 aromatic carbocycles. The number of amides is 1. The smallest absolute Gasteiger partial charge is 0.255 e. The molecule has 0 aromatic heterocycles. The molecule has 1 N–H and O–H groups in total. The summed E-state index contributed by atoms with van der Waals surface area (Å²) in [5.41, 5.74) is 2.65. The Morgan fingerprint density at radius 3 is 2.64 bits per heavy atom. The minimum absolute atomic E-state index is 0.252. The maximum Gasteiger partial charge on any atom is 0.255 e. The van der Waals surface area contributed by atoms with Crippen LogP contribution in [0, 0.1) is 12.8 Å². The zero-order valence-corrected chi connectivity index (χ0v) is 13.0. The molecule has 1 aliphatic heterocycles. The highest BCUT2D eigenvalue weighted by atomic mass is 19.3. The van der Waals surface area contributed by atoms with E-state index >= 15 is 0 Å². The van der Waals surface area contributed by atoms with Gasteiger partial charge in [0.2, 0.25) is 5.91 Å². The molecular weight excluding hydrogens is 286 g/mol. The van der Waals surface area contributed by atoms with Crippen LogP contribution in [0.2, 0.25) is 0 Å². The van der Waals surface area contributed by atoms with Crippen molar-refractivity contribution in [2.75, 3.05) is 19.6 Å². The van der Waals surface area contributed by atoms with Crippen molar-refractivity contribution in [1.29, 1.82) is 0 Å². The fourth-order valence-electron chi connectivity index (χ4n) is 2.90. The Kier molecular flexibility index (Phi) is 6.31.